The summed E-state index contributed by atoms with van der Waals surface area (Å²) in [5.74, 6) is -0.858. The van der Waals surface area contributed by atoms with E-state index in [-0.39, 0.29) is 31.1 Å². The number of carbonyl (C=O) groups is 3. The Morgan fingerprint density at radius 3 is 0.654 bits per heavy atom. The van der Waals surface area contributed by atoms with Gasteiger partial charge in [0.05, 0.1) is 0 Å². The zero-order chi connectivity index (χ0) is 58.5. The van der Waals surface area contributed by atoms with Crippen LogP contribution < -0.4 is 0 Å². The van der Waals surface area contributed by atoms with E-state index in [0.717, 1.165) is 64.2 Å². The van der Waals surface area contributed by atoms with E-state index in [9.17, 15) is 14.4 Å². The first-order valence-corrected chi connectivity index (χ1v) is 36.8. The molecule has 0 aromatic heterocycles. The molecule has 0 aliphatic heterocycles. The van der Waals surface area contributed by atoms with Gasteiger partial charge in [0.2, 0.25) is 0 Å². The summed E-state index contributed by atoms with van der Waals surface area (Å²) < 4.78 is 16.9. The Balaban J connectivity index is 4.01. The topological polar surface area (TPSA) is 78.9 Å². The maximum absolute atomic E-state index is 12.9. The first-order valence-electron chi connectivity index (χ1n) is 36.8. The lowest BCUT2D eigenvalue weighted by Gasteiger charge is -2.18. The summed E-state index contributed by atoms with van der Waals surface area (Å²) in [5, 5.41) is 0. The second-order valence-electron chi connectivity index (χ2n) is 25.2. The van der Waals surface area contributed by atoms with Crippen LogP contribution in [-0.4, -0.2) is 37.2 Å². The molecule has 0 N–H and O–H groups in total. The van der Waals surface area contributed by atoms with E-state index in [2.05, 4.69) is 45.1 Å². The van der Waals surface area contributed by atoms with Crippen LogP contribution in [0.2, 0.25) is 0 Å². The van der Waals surface area contributed by atoms with Crippen molar-refractivity contribution in [1.29, 1.82) is 0 Å². The molecule has 0 saturated heterocycles. The minimum atomic E-state index is -0.774. The molecule has 0 aliphatic carbocycles. The maximum atomic E-state index is 12.9. The van der Waals surface area contributed by atoms with Gasteiger partial charge in [-0.15, -0.1) is 0 Å². The maximum Gasteiger partial charge on any atom is 0.306 e. The van der Waals surface area contributed by atoms with E-state index >= 15 is 0 Å². The molecular formula is C75H142O6. The number of carbonyl (C=O) groups excluding carboxylic acids is 3. The molecule has 0 fully saturated rings. The van der Waals surface area contributed by atoms with E-state index in [4.69, 9.17) is 14.2 Å². The van der Waals surface area contributed by atoms with Crippen molar-refractivity contribution >= 4 is 17.9 Å². The second kappa shape index (κ2) is 70.4. The highest BCUT2D eigenvalue weighted by molar-refractivity contribution is 5.71. The van der Waals surface area contributed by atoms with Crippen molar-refractivity contribution in [2.24, 2.45) is 0 Å². The largest absolute Gasteiger partial charge is 0.462 e. The fourth-order valence-electron chi connectivity index (χ4n) is 11.4. The standard InChI is InChI=1S/C75H142O6/c1-4-7-10-13-16-19-22-24-26-28-29-30-31-32-33-34-35-36-37-38-39-40-41-42-43-44-45-47-48-50-53-56-59-62-65-68-74(77)80-71-72(70-79-73(76)67-64-61-58-55-52-21-18-15-12-9-6-3)81-75(78)69-66-63-60-57-54-51-49-46-27-25-23-20-17-14-11-8-5-2/h15,18,25,27,72H,4-14,16-17,19-24,26,28-71H2,1-3H3/b18-15-,27-25-. The lowest BCUT2D eigenvalue weighted by Crippen LogP contribution is -2.30. The molecule has 0 rings (SSSR count). The highest BCUT2D eigenvalue weighted by Crippen LogP contribution is 2.19. The zero-order valence-electron chi connectivity index (χ0n) is 55.1. The first kappa shape index (κ1) is 78.9. The van der Waals surface area contributed by atoms with E-state index in [1.54, 1.807) is 0 Å². The van der Waals surface area contributed by atoms with Crippen LogP contribution in [0.3, 0.4) is 0 Å². The molecule has 0 amide bonds. The summed E-state index contributed by atoms with van der Waals surface area (Å²) in [6.07, 6.45) is 86.8. The molecule has 0 aromatic carbocycles. The summed E-state index contributed by atoms with van der Waals surface area (Å²) in [5.41, 5.74) is 0. The fourth-order valence-corrected chi connectivity index (χ4v) is 11.4. The van der Waals surface area contributed by atoms with Crippen LogP contribution in [0.25, 0.3) is 0 Å². The van der Waals surface area contributed by atoms with Crippen molar-refractivity contribution in [3.8, 4) is 0 Å². The number of rotatable bonds is 69. The normalized spacial score (nSPS) is 12.1. The molecule has 6 nitrogen and oxygen atoms in total. The highest BCUT2D eigenvalue weighted by Gasteiger charge is 2.19. The Morgan fingerprint density at radius 1 is 0.235 bits per heavy atom. The number of unbranched alkanes of at least 4 members (excludes halogenated alkanes) is 54. The summed E-state index contributed by atoms with van der Waals surface area (Å²) in [4.78, 5) is 38.3. The Hall–Kier alpha value is -2.11. The summed E-state index contributed by atoms with van der Waals surface area (Å²) >= 11 is 0. The third kappa shape index (κ3) is 68.6. The first-order chi connectivity index (χ1) is 40.0. The average molecular weight is 1140 g/mol. The number of allylic oxidation sites excluding steroid dienone is 4. The molecule has 1 atom stereocenters. The Bertz CT molecular complexity index is 1310. The summed E-state index contributed by atoms with van der Waals surface area (Å²) in [6, 6.07) is 0. The van der Waals surface area contributed by atoms with E-state index < -0.39 is 6.10 Å². The zero-order valence-corrected chi connectivity index (χ0v) is 55.1. The van der Waals surface area contributed by atoms with Crippen molar-refractivity contribution in [2.45, 2.75) is 425 Å². The Kier molecular flexibility index (Phi) is 68.5. The predicted molar refractivity (Wildman–Crippen MR) is 353 cm³/mol. The van der Waals surface area contributed by atoms with Crippen molar-refractivity contribution in [3.05, 3.63) is 24.3 Å². The predicted octanol–water partition coefficient (Wildman–Crippen LogP) is 25.3. The quantitative estimate of drug-likeness (QED) is 0.0261. The molecule has 478 valence electrons. The Labute approximate surface area is 506 Å². The van der Waals surface area contributed by atoms with Gasteiger partial charge in [-0.25, -0.2) is 0 Å². The van der Waals surface area contributed by atoms with Gasteiger partial charge in [0.1, 0.15) is 13.2 Å². The monoisotopic (exact) mass is 1140 g/mol. The van der Waals surface area contributed by atoms with Crippen LogP contribution in [0.4, 0.5) is 0 Å². The number of hydrogen-bond donors (Lipinski definition) is 0. The van der Waals surface area contributed by atoms with Crippen LogP contribution in [0.5, 0.6) is 0 Å². The third-order valence-electron chi connectivity index (χ3n) is 16.9. The van der Waals surface area contributed by atoms with Crippen LogP contribution in [0, 0.1) is 0 Å². The molecule has 0 aromatic rings. The molecule has 0 radical (unpaired) electrons. The van der Waals surface area contributed by atoms with Gasteiger partial charge in [-0.1, -0.05) is 360 Å². The van der Waals surface area contributed by atoms with Crippen LogP contribution in [0.1, 0.15) is 419 Å². The molecule has 0 spiro atoms. The summed E-state index contributed by atoms with van der Waals surface area (Å²) in [7, 11) is 0. The van der Waals surface area contributed by atoms with Crippen molar-refractivity contribution in [3.63, 3.8) is 0 Å². The lowest BCUT2D eigenvalue weighted by atomic mass is 10.0. The Morgan fingerprint density at radius 2 is 0.420 bits per heavy atom. The number of esters is 3. The smallest absolute Gasteiger partial charge is 0.306 e. The molecule has 0 saturated carbocycles. The van der Waals surface area contributed by atoms with Crippen molar-refractivity contribution in [2.75, 3.05) is 13.2 Å². The van der Waals surface area contributed by atoms with Crippen LogP contribution in [0.15, 0.2) is 24.3 Å². The lowest BCUT2D eigenvalue weighted by molar-refractivity contribution is -0.167. The molecule has 81 heavy (non-hydrogen) atoms. The molecule has 1 unspecified atom stereocenters. The minimum absolute atomic E-state index is 0.0708. The van der Waals surface area contributed by atoms with E-state index in [1.807, 2.05) is 0 Å². The number of ether oxygens (including phenoxy) is 3. The second-order valence-corrected chi connectivity index (χ2v) is 25.2. The summed E-state index contributed by atoms with van der Waals surface area (Å²) in [6.45, 7) is 6.66. The molecule has 0 aliphatic rings. The fraction of sp³-hybridized carbons (Fsp3) is 0.907. The molecule has 6 heteroatoms. The third-order valence-corrected chi connectivity index (χ3v) is 16.9. The van der Waals surface area contributed by atoms with Gasteiger partial charge in [0, 0.05) is 19.3 Å². The van der Waals surface area contributed by atoms with Crippen LogP contribution >= 0.6 is 0 Å². The van der Waals surface area contributed by atoms with Gasteiger partial charge in [-0.2, -0.15) is 0 Å². The SMILES string of the molecule is CCCC/C=C\CCCCCCCC(=O)OCC(COC(=O)CCCCCCCCCCCCCCCCCCCCCCCCCCCCCCCCCCCCC)OC(=O)CCCCCCCCC/C=C\CCCCCCCC. The van der Waals surface area contributed by atoms with Crippen molar-refractivity contribution < 1.29 is 28.6 Å². The van der Waals surface area contributed by atoms with Gasteiger partial charge < -0.3 is 14.2 Å². The van der Waals surface area contributed by atoms with E-state index in [1.165, 1.54) is 315 Å². The van der Waals surface area contributed by atoms with Gasteiger partial charge in [0.25, 0.3) is 0 Å². The molecule has 0 bridgehead atoms. The average Bonchev–Trinajstić information content (AvgIpc) is 3.47. The van der Waals surface area contributed by atoms with Gasteiger partial charge in [-0.3, -0.25) is 14.4 Å². The van der Waals surface area contributed by atoms with Gasteiger partial charge >= 0.3 is 17.9 Å². The molecule has 0 heterocycles. The van der Waals surface area contributed by atoms with E-state index in [0.29, 0.717) is 19.3 Å². The minimum Gasteiger partial charge on any atom is -0.462 e. The highest BCUT2D eigenvalue weighted by atomic mass is 16.6. The van der Waals surface area contributed by atoms with Crippen molar-refractivity contribution in [1.82, 2.24) is 0 Å². The number of hydrogen-bond acceptors (Lipinski definition) is 6. The van der Waals surface area contributed by atoms with Crippen LogP contribution in [-0.2, 0) is 28.6 Å². The van der Waals surface area contributed by atoms with Gasteiger partial charge in [0.15, 0.2) is 6.10 Å². The van der Waals surface area contributed by atoms with Gasteiger partial charge in [-0.05, 0) is 64.2 Å². The molecular weight excluding hydrogens is 997 g/mol.